The Hall–Kier alpha value is -2.99. The van der Waals surface area contributed by atoms with Crippen molar-refractivity contribution in [3.63, 3.8) is 0 Å². The van der Waals surface area contributed by atoms with E-state index in [-0.39, 0.29) is 24.4 Å². The lowest BCUT2D eigenvalue weighted by atomic mass is 9.89. The highest BCUT2D eigenvalue weighted by Gasteiger charge is 2.30. The van der Waals surface area contributed by atoms with E-state index in [4.69, 9.17) is 4.74 Å². The second-order valence-electron chi connectivity index (χ2n) is 9.44. The Morgan fingerprint density at radius 2 is 1.43 bits per heavy atom. The monoisotopic (exact) mass is 473 g/mol. The zero-order valence-electron chi connectivity index (χ0n) is 20.1. The Labute approximate surface area is 208 Å². The third kappa shape index (κ3) is 7.25. The first-order valence-electron chi connectivity index (χ1n) is 12.5. The zero-order valence-corrected chi connectivity index (χ0v) is 20.1. The van der Waals surface area contributed by atoms with Crippen LogP contribution in [-0.4, -0.2) is 53.4 Å². The normalized spacial score (nSPS) is 19.5. The number of aliphatic hydroxyl groups is 1. The average Bonchev–Trinajstić information content (AvgIpc) is 2.88. The van der Waals surface area contributed by atoms with Crippen LogP contribution < -0.4 is 0 Å². The highest BCUT2D eigenvalue weighted by molar-refractivity contribution is 5.68. The molecular formula is C30H35NO4. The number of rotatable bonds is 11. The third-order valence-corrected chi connectivity index (χ3v) is 6.95. The van der Waals surface area contributed by atoms with E-state index in [1.54, 1.807) is 0 Å². The lowest BCUT2D eigenvalue weighted by molar-refractivity contribution is -0.137. The van der Waals surface area contributed by atoms with Crippen LogP contribution in [0.4, 0.5) is 0 Å². The molecule has 0 saturated carbocycles. The number of hydrogen-bond donors (Lipinski definition) is 2. The van der Waals surface area contributed by atoms with E-state index in [1.807, 2.05) is 66.7 Å². The van der Waals surface area contributed by atoms with Crippen LogP contribution in [0, 0.1) is 5.92 Å². The topological polar surface area (TPSA) is 70.0 Å². The maximum atomic E-state index is 11.4. The van der Waals surface area contributed by atoms with Crippen molar-refractivity contribution in [2.45, 2.75) is 37.4 Å². The molecule has 3 aromatic rings. The van der Waals surface area contributed by atoms with Crippen molar-refractivity contribution in [2.24, 2.45) is 5.92 Å². The van der Waals surface area contributed by atoms with Gasteiger partial charge in [-0.1, -0.05) is 91.0 Å². The summed E-state index contributed by atoms with van der Waals surface area (Å²) in [6.45, 7) is 2.63. The van der Waals surface area contributed by atoms with E-state index >= 15 is 0 Å². The van der Waals surface area contributed by atoms with Crippen molar-refractivity contribution in [3.05, 3.63) is 108 Å². The summed E-state index contributed by atoms with van der Waals surface area (Å²) in [6, 6.07) is 30.3. The summed E-state index contributed by atoms with van der Waals surface area (Å²) in [5, 5.41) is 20.3. The number of aliphatic hydroxyl groups excluding tert-OH is 1. The smallest absolute Gasteiger partial charge is 0.304 e. The number of piperidine rings is 1. The fraction of sp³-hybridized carbons (Fsp3) is 0.367. The first-order chi connectivity index (χ1) is 17.1. The maximum Gasteiger partial charge on any atom is 0.304 e. The molecular weight excluding hydrogens is 438 g/mol. The molecule has 3 aromatic carbocycles. The van der Waals surface area contributed by atoms with E-state index in [0.717, 1.165) is 36.1 Å². The summed E-state index contributed by atoms with van der Waals surface area (Å²) in [4.78, 5) is 13.6. The number of carboxylic acids is 1. The van der Waals surface area contributed by atoms with E-state index in [1.165, 1.54) is 0 Å². The molecule has 35 heavy (non-hydrogen) atoms. The Kier molecular flexibility index (Phi) is 9.07. The van der Waals surface area contributed by atoms with Gasteiger partial charge in [0.1, 0.15) is 6.10 Å². The molecule has 0 aliphatic carbocycles. The van der Waals surface area contributed by atoms with Crippen LogP contribution >= 0.6 is 0 Å². The first-order valence-corrected chi connectivity index (χ1v) is 12.5. The SMILES string of the molecule is O=C(O)C[C@H](CN1CC[C@@H](CCOC(c2ccccc2)c2ccccc2)[C@H](O)C1)c1ccccc1. The van der Waals surface area contributed by atoms with Gasteiger partial charge in [-0.2, -0.15) is 0 Å². The molecule has 5 nitrogen and oxygen atoms in total. The number of ether oxygens (including phenoxy) is 1. The highest BCUT2D eigenvalue weighted by atomic mass is 16.5. The third-order valence-electron chi connectivity index (χ3n) is 6.95. The van der Waals surface area contributed by atoms with Gasteiger partial charge < -0.3 is 19.8 Å². The molecule has 1 heterocycles. The number of aliphatic carboxylic acids is 1. The minimum absolute atomic E-state index is 0.0849. The van der Waals surface area contributed by atoms with Gasteiger partial charge in [-0.05, 0) is 42.0 Å². The van der Waals surface area contributed by atoms with Crippen LogP contribution in [0.3, 0.4) is 0 Å². The molecule has 184 valence electrons. The van der Waals surface area contributed by atoms with Crippen LogP contribution in [0.25, 0.3) is 0 Å². The van der Waals surface area contributed by atoms with Gasteiger partial charge in [-0.25, -0.2) is 0 Å². The van der Waals surface area contributed by atoms with Crippen LogP contribution in [0.1, 0.15) is 48.0 Å². The minimum Gasteiger partial charge on any atom is -0.481 e. The van der Waals surface area contributed by atoms with Crippen molar-refractivity contribution < 1.29 is 19.7 Å². The van der Waals surface area contributed by atoms with Crippen LogP contribution in [0.15, 0.2) is 91.0 Å². The molecule has 0 amide bonds. The molecule has 0 spiro atoms. The van der Waals surface area contributed by atoms with Crippen molar-refractivity contribution in [1.82, 2.24) is 4.90 Å². The van der Waals surface area contributed by atoms with Crippen LogP contribution in [0.5, 0.6) is 0 Å². The minimum atomic E-state index is -0.794. The van der Waals surface area contributed by atoms with Crippen LogP contribution in [0.2, 0.25) is 0 Å². The first kappa shape index (κ1) is 25.1. The predicted octanol–water partition coefficient (Wildman–Crippen LogP) is 5.12. The fourth-order valence-electron chi connectivity index (χ4n) is 5.06. The Balaban J connectivity index is 1.31. The number of likely N-dealkylation sites (tertiary alicyclic amines) is 1. The Morgan fingerprint density at radius 3 is 1.94 bits per heavy atom. The fourth-order valence-corrected chi connectivity index (χ4v) is 5.06. The van der Waals surface area contributed by atoms with Gasteiger partial charge in [0, 0.05) is 25.6 Å². The van der Waals surface area contributed by atoms with Gasteiger partial charge in [0.05, 0.1) is 12.5 Å². The predicted molar refractivity (Wildman–Crippen MR) is 137 cm³/mol. The molecule has 2 N–H and O–H groups in total. The summed E-state index contributed by atoms with van der Waals surface area (Å²) in [5.41, 5.74) is 3.28. The van der Waals surface area contributed by atoms with Gasteiger partial charge in [0.2, 0.25) is 0 Å². The van der Waals surface area contributed by atoms with E-state index < -0.39 is 12.1 Å². The van der Waals surface area contributed by atoms with Crippen molar-refractivity contribution >= 4 is 5.97 Å². The number of carbonyl (C=O) groups is 1. The molecule has 1 saturated heterocycles. The number of nitrogens with zero attached hydrogens (tertiary/aromatic N) is 1. The molecule has 0 unspecified atom stereocenters. The number of benzene rings is 3. The molecule has 0 aromatic heterocycles. The van der Waals surface area contributed by atoms with Crippen molar-refractivity contribution in [2.75, 3.05) is 26.2 Å². The van der Waals surface area contributed by atoms with E-state index in [0.29, 0.717) is 19.7 Å². The second-order valence-corrected chi connectivity index (χ2v) is 9.44. The quantitative estimate of drug-likeness (QED) is 0.404. The lowest BCUT2D eigenvalue weighted by Gasteiger charge is -2.37. The summed E-state index contributed by atoms with van der Waals surface area (Å²) in [6.07, 6.45) is 1.19. The summed E-state index contributed by atoms with van der Waals surface area (Å²) in [7, 11) is 0. The van der Waals surface area contributed by atoms with Gasteiger partial charge in [0.25, 0.3) is 0 Å². The number of carboxylic acid groups (broad SMARTS) is 1. The molecule has 5 heteroatoms. The van der Waals surface area contributed by atoms with Crippen LogP contribution in [-0.2, 0) is 9.53 Å². The molecule has 1 fully saturated rings. The second kappa shape index (κ2) is 12.6. The molecule has 0 bridgehead atoms. The van der Waals surface area contributed by atoms with Gasteiger partial charge in [-0.15, -0.1) is 0 Å². The Bertz CT molecular complexity index is 988. The number of β-amino-alcohol motifs (C(OH)–C–C–N with tert-alkyl or cyclic N) is 1. The van der Waals surface area contributed by atoms with Gasteiger partial charge >= 0.3 is 5.97 Å². The molecule has 1 aliphatic rings. The largest absolute Gasteiger partial charge is 0.481 e. The highest BCUT2D eigenvalue weighted by Crippen LogP contribution is 2.29. The van der Waals surface area contributed by atoms with Gasteiger partial charge in [0.15, 0.2) is 0 Å². The lowest BCUT2D eigenvalue weighted by Crippen LogP contribution is -2.45. The standard InChI is InChI=1S/C30H35NO4/c32-28-22-31(21-27(20-29(33)34)23-10-4-1-5-11-23)18-16-24(28)17-19-35-30(25-12-6-2-7-13-25)26-14-8-3-9-15-26/h1-15,24,27-28,30,32H,16-22H2,(H,33,34)/t24-,27+,28+/m0/s1. The van der Waals surface area contributed by atoms with Crippen molar-refractivity contribution in [3.8, 4) is 0 Å². The van der Waals surface area contributed by atoms with E-state index in [2.05, 4.69) is 29.2 Å². The molecule has 1 aliphatic heterocycles. The summed E-state index contributed by atoms with van der Waals surface area (Å²) < 4.78 is 6.37. The average molecular weight is 474 g/mol. The van der Waals surface area contributed by atoms with Gasteiger partial charge in [-0.3, -0.25) is 4.79 Å². The van der Waals surface area contributed by atoms with E-state index in [9.17, 15) is 15.0 Å². The molecule has 4 rings (SSSR count). The summed E-state index contributed by atoms with van der Waals surface area (Å²) in [5.74, 6) is -0.704. The molecule has 3 atom stereocenters. The number of hydrogen-bond acceptors (Lipinski definition) is 4. The summed E-state index contributed by atoms with van der Waals surface area (Å²) >= 11 is 0. The van der Waals surface area contributed by atoms with Crippen molar-refractivity contribution in [1.29, 1.82) is 0 Å². The molecule has 0 radical (unpaired) electrons. The Morgan fingerprint density at radius 1 is 0.886 bits per heavy atom. The maximum absolute atomic E-state index is 11.4. The zero-order chi connectivity index (χ0) is 24.5.